The molecule has 0 spiro atoms. The largest absolute Gasteiger partial charge is 0.489 e. The minimum atomic E-state index is 0.340. The van der Waals surface area contributed by atoms with Gasteiger partial charge in [-0.2, -0.15) is 0 Å². The molecule has 2 N–H and O–H groups in total. The maximum atomic E-state index is 6.03. The number of pyridine rings is 1. The summed E-state index contributed by atoms with van der Waals surface area (Å²) in [7, 11) is 1.67. The van der Waals surface area contributed by atoms with Crippen LogP contribution < -0.4 is 10.2 Å². The summed E-state index contributed by atoms with van der Waals surface area (Å²) in [5.41, 5.74) is 7.50. The van der Waals surface area contributed by atoms with Crippen LogP contribution in [0.2, 0.25) is 0 Å². The van der Waals surface area contributed by atoms with Crippen molar-refractivity contribution in [2.24, 2.45) is 5.10 Å². The third kappa shape index (κ3) is 3.25. The highest BCUT2D eigenvalue weighted by Gasteiger charge is 2.21. The second-order valence-electron chi connectivity index (χ2n) is 6.78. The van der Waals surface area contributed by atoms with Crippen molar-refractivity contribution in [2.75, 3.05) is 13.8 Å². The number of nitrogens with zero attached hydrogens (tertiary/aromatic N) is 2. The minimum Gasteiger partial charge on any atom is -0.489 e. The van der Waals surface area contributed by atoms with E-state index >= 15 is 0 Å². The summed E-state index contributed by atoms with van der Waals surface area (Å²) in [6.45, 7) is 1.25. The fraction of sp³-hybridized carbons (Fsp3) is 0.182. The number of nitrogens with one attached hydrogen (secondary N) is 2. The zero-order valence-corrected chi connectivity index (χ0v) is 15.9. The van der Waals surface area contributed by atoms with Crippen molar-refractivity contribution in [3.05, 3.63) is 71.5 Å². The van der Waals surface area contributed by atoms with E-state index in [1.165, 1.54) is 0 Å². The molecule has 2 aromatic heterocycles. The third-order valence-corrected chi connectivity index (χ3v) is 4.90. The highest BCUT2D eigenvalue weighted by Crippen LogP contribution is 2.33. The molecule has 0 bridgehead atoms. The Balaban J connectivity index is 1.59. The molecule has 0 radical (unpaired) electrons. The van der Waals surface area contributed by atoms with Crippen LogP contribution in [-0.2, 0) is 22.7 Å². The number of aromatic amines is 1. The van der Waals surface area contributed by atoms with Crippen molar-refractivity contribution in [3.63, 3.8) is 0 Å². The zero-order valence-electron chi connectivity index (χ0n) is 15.9. The molecule has 1 aliphatic heterocycles. The Morgan fingerprint density at radius 1 is 1.07 bits per heavy atom. The van der Waals surface area contributed by atoms with Gasteiger partial charge in [0.15, 0.2) is 6.73 Å². The lowest BCUT2D eigenvalue weighted by Crippen LogP contribution is -2.09. The summed E-state index contributed by atoms with van der Waals surface area (Å²) in [6.07, 6.45) is 1.80. The Kier molecular flexibility index (Phi) is 4.50. The lowest BCUT2D eigenvalue weighted by atomic mass is 10.1. The highest BCUT2D eigenvalue weighted by atomic mass is 16.5. The summed E-state index contributed by atoms with van der Waals surface area (Å²) >= 11 is 0. The van der Waals surface area contributed by atoms with Crippen LogP contribution in [0.1, 0.15) is 16.8 Å². The Morgan fingerprint density at radius 2 is 1.97 bits per heavy atom. The van der Waals surface area contributed by atoms with Crippen molar-refractivity contribution in [1.82, 2.24) is 15.4 Å². The summed E-state index contributed by atoms with van der Waals surface area (Å²) in [4.78, 5) is 7.99. The molecule has 4 aromatic rings. The van der Waals surface area contributed by atoms with Crippen molar-refractivity contribution < 1.29 is 14.2 Å². The molecule has 0 saturated heterocycles. The van der Waals surface area contributed by atoms with E-state index in [-0.39, 0.29) is 0 Å². The molecular weight excluding hydrogens is 368 g/mol. The van der Waals surface area contributed by atoms with Crippen molar-refractivity contribution >= 4 is 27.7 Å². The van der Waals surface area contributed by atoms with Gasteiger partial charge in [0.1, 0.15) is 18.1 Å². The molecular formula is C22H20N4O3. The van der Waals surface area contributed by atoms with Gasteiger partial charge in [0, 0.05) is 29.0 Å². The Morgan fingerprint density at radius 3 is 2.76 bits per heavy atom. The normalized spacial score (nSPS) is 13.3. The monoisotopic (exact) mass is 388 g/mol. The maximum Gasteiger partial charge on any atom is 0.259 e. The van der Waals surface area contributed by atoms with Crippen LogP contribution >= 0.6 is 0 Å². The van der Waals surface area contributed by atoms with Gasteiger partial charge in [-0.1, -0.05) is 30.3 Å². The summed E-state index contributed by atoms with van der Waals surface area (Å²) in [5.74, 6) is 1.28. The molecule has 0 amide bonds. The number of ether oxygens (including phenoxy) is 3. The molecule has 0 unspecified atom stereocenters. The molecule has 3 heterocycles. The Hall–Kier alpha value is -3.58. The van der Waals surface area contributed by atoms with Crippen molar-refractivity contribution in [3.8, 4) is 5.75 Å². The van der Waals surface area contributed by atoms with Gasteiger partial charge in [0.25, 0.3) is 5.90 Å². The van der Waals surface area contributed by atoms with Gasteiger partial charge in [0.05, 0.1) is 18.3 Å². The first-order valence-corrected chi connectivity index (χ1v) is 9.36. The minimum absolute atomic E-state index is 0.340. The zero-order chi connectivity index (χ0) is 19.6. The van der Waals surface area contributed by atoms with Gasteiger partial charge in [0.2, 0.25) is 0 Å². The topological polar surface area (TPSA) is 80.8 Å². The third-order valence-electron chi connectivity index (χ3n) is 4.90. The van der Waals surface area contributed by atoms with Gasteiger partial charge >= 0.3 is 0 Å². The molecule has 0 saturated carbocycles. The van der Waals surface area contributed by atoms with E-state index in [9.17, 15) is 0 Å². The first kappa shape index (κ1) is 17.5. The fourth-order valence-corrected chi connectivity index (χ4v) is 3.60. The molecule has 7 nitrogen and oxygen atoms in total. The van der Waals surface area contributed by atoms with Gasteiger partial charge < -0.3 is 19.2 Å². The van der Waals surface area contributed by atoms with E-state index in [0.717, 1.165) is 38.7 Å². The number of fused-ring (bicyclic) bond motifs is 3. The van der Waals surface area contributed by atoms with Gasteiger partial charge in [-0.05, 0) is 23.8 Å². The van der Waals surface area contributed by atoms with Crippen LogP contribution in [-0.4, -0.2) is 29.7 Å². The van der Waals surface area contributed by atoms with E-state index in [4.69, 9.17) is 14.2 Å². The second kappa shape index (κ2) is 7.44. The summed E-state index contributed by atoms with van der Waals surface area (Å²) < 4.78 is 17.1. The summed E-state index contributed by atoms with van der Waals surface area (Å²) in [5, 5.41) is 6.28. The van der Waals surface area contributed by atoms with Crippen LogP contribution in [0.4, 0.5) is 0 Å². The Bertz CT molecular complexity index is 1200. The average molecular weight is 388 g/mol. The van der Waals surface area contributed by atoms with Crippen LogP contribution in [0.3, 0.4) is 0 Å². The SMILES string of the molecule is COCc1c(C2=NNCO2)ncc2[nH]c3ccc(OCc4ccccc4)cc3c12. The Labute approximate surface area is 167 Å². The maximum absolute atomic E-state index is 6.03. The molecule has 7 heteroatoms. The number of aromatic nitrogens is 2. The molecule has 1 aliphatic rings. The van der Waals surface area contributed by atoms with Crippen LogP contribution in [0.25, 0.3) is 21.8 Å². The smallest absolute Gasteiger partial charge is 0.259 e. The predicted molar refractivity (Wildman–Crippen MR) is 111 cm³/mol. The lowest BCUT2D eigenvalue weighted by Gasteiger charge is -2.10. The van der Waals surface area contributed by atoms with Gasteiger partial charge in [-0.15, -0.1) is 5.10 Å². The lowest BCUT2D eigenvalue weighted by molar-refractivity contribution is 0.185. The predicted octanol–water partition coefficient (Wildman–Crippen LogP) is 3.68. The van der Waals surface area contributed by atoms with Crippen LogP contribution in [0.15, 0.2) is 59.8 Å². The summed E-state index contributed by atoms with van der Waals surface area (Å²) in [6, 6.07) is 16.2. The number of methoxy groups -OCH3 is 1. The average Bonchev–Trinajstić information content (AvgIpc) is 3.41. The molecule has 0 fully saturated rings. The number of rotatable bonds is 6. The second-order valence-corrected chi connectivity index (χ2v) is 6.78. The number of hydrogen-bond acceptors (Lipinski definition) is 6. The molecule has 5 rings (SSSR count). The van der Waals surface area contributed by atoms with Crippen molar-refractivity contribution in [2.45, 2.75) is 13.2 Å². The standard InChI is InChI=1S/C22H20N4O3/c1-27-12-17-20-16-9-15(28-11-14-5-3-2-4-6-14)7-8-18(16)25-19(20)10-23-21(17)22-26-24-13-29-22/h2-10,24-25H,11-13H2,1H3. The number of hydrazone groups is 1. The van der Waals surface area contributed by atoms with Gasteiger partial charge in [-0.25, -0.2) is 4.98 Å². The highest BCUT2D eigenvalue weighted by molar-refractivity contribution is 6.12. The molecule has 146 valence electrons. The first-order valence-electron chi connectivity index (χ1n) is 9.36. The van der Waals surface area contributed by atoms with E-state index in [0.29, 0.717) is 31.5 Å². The first-order chi connectivity index (χ1) is 14.3. The molecule has 0 atom stereocenters. The van der Waals surface area contributed by atoms with Gasteiger partial charge in [-0.3, -0.25) is 5.43 Å². The number of hydrogen-bond donors (Lipinski definition) is 2. The van der Waals surface area contributed by atoms with E-state index < -0.39 is 0 Å². The molecule has 2 aromatic carbocycles. The number of H-pyrrole nitrogens is 1. The number of benzene rings is 2. The fourth-order valence-electron chi connectivity index (χ4n) is 3.60. The molecule has 29 heavy (non-hydrogen) atoms. The quantitative estimate of drug-likeness (QED) is 0.527. The van der Waals surface area contributed by atoms with E-state index in [1.54, 1.807) is 13.3 Å². The van der Waals surface area contributed by atoms with Crippen LogP contribution in [0.5, 0.6) is 5.75 Å². The van der Waals surface area contributed by atoms with Crippen LogP contribution in [0, 0.1) is 0 Å². The molecule has 0 aliphatic carbocycles. The van der Waals surface area contributed by atoms with E-state index in [2.05, 4.69) is 38.7 Å². The van der Waals surface area contributed by atoms with Crippen molar-refractivity contribution in [1.29, 1.82) is 0 Å². The van der Waals surface area contributed by atoms with E-state index in [1.807, 2.05) is 30.3 Å².